The van der Waals surface area contributed by atoms with E-state index < -0.39 is 0 Å². The number of carbonyl (C=O) groups is 1. The topological polar surface area (TPSA) is 41.5 Å². The summed E-state index contributed by atoms with van der Waals surface area (Å²) in [4.78, 5) is 15.2. The molecule has 0 aliphatic rings. The average molecular weight is 262 g/mol. The van der Waals surface area contributed by atoms with Gasteiger partial charge in [-0.2, -0.15) is 0 Å². The molecule has 0 aromatic heterocycles. The molecule has 106 valence electrons. The molecule has 0 fully saturated rings. The van der Waals surface area contributed by atoms with Crippen LogP contribution in [0.15, 0.2) is 35.3 Å². The van der Waals surface area contributed by atoms with E-state index >= 15 is 0 Å². The molecule has 0 aliphatic carbocycles. The Hall–Kier alpha value is -1.90. The zero-order valence-electron chi connectivity index (χ0n) is 12.5. The second kappa shape index (κ2) is 10.1. The zero-order chi connectivity index (χ0) is 14.7. The molecule has 0 bridgehead atoms. The predicted molar refractivity (Wildman–Crippen MR) is 86.2 cm³/mol. The Morgan fingerprint density at radius 3 is 2.47 bits per heavy atom. The van der Waals surface area contributed by atoms with Gasteiger partial charge < -0.3 is 5.32 Å². The molecule has 1 aromatic carbocycles. The van der Waals surface area contributed by atoms with E-state index in [1.807, 2.05) is 58.0 Å². The molecule has 19 heavy (non-hydrogen) atoms. The van der Waals surface area contributed by atoms with Crippen LogP contribution in [0.4, 0.5) is 5.69 Å². The van der Waals surface area contributed by atoms with E-state index in [1.54, 1.807) is 6.21 Å². The Labute approximate surface area is 117 Å². The lowest BCUT2D eigenvalue weighted by Gasteiger charge is -2.08. The van der Waals surface area contributed by atoms with Crippen LogP contribution in [0.2, 0.25) is 0 Å². The number of aryl methyl sites for hydroxylation is 1. The first-order valence-electron chi connectivity index (χ1n) is 6.51. The molecule has 0 spiro atoms. The zero-order valence-corrected chi connectivity index (χ0v) is 12.5. The van der Waals surface area contributed by atoms with Gasteiger partial charge in [0.2, 0.25) is 5.91 Å². The molecule has 0 radical (unpaired) electrons. The largest absolute Gasteiger partial charge is 0.326 e. The van der Waals surface area contributed by atoms with Gasteiger partial charge in [-0.25, -0.2) is 0 Å². The molecule has 0 aliphatic heterocycles. The SMILES string of the molecule is C/C=C/C.CCN=Cc1c(C)cccc1NC(C)=O.[HH]. The summed E-state index contributed by atoms with van der Waals surface area (Å²) < 4.78 is 0. The van der Waals surface area contributed by atoms with Crippen molar-refractivity contribution in [3.05, 3.63) is 41.5 Å². The lowest BCUT2D eigenvalue weighted by Crippen LogP contribution is -2.08. The summed E-state index contributed by atoms with van der Waals surface area (Å²) in [5, 5.41) is 2.79. The van der Waals surface area contributed by atoms with Crippen molar-refractivity contribution in [2.45, 2.75) is 34.6 Å². The van der Waals surface area contributed by atoms with Crippen molar-refractivity contribution in [1.29, 1.82) is 0 Å². The molecule has 0 unspecified atom stereocenters. The summed E-state index contributed by atoms with van der Waals surface area (Å²) in [6.07, 6.45) is 5.81. The third-order valence-electron chi connectivity index (χ3n) is 2.37. The number of nitrogens with one attached hydrogen (secondary N) is 1. The molecule has 0 saturated carbocycles. The highest BCUT2D eigenvalue weighted by Gasteiger charge is 2.03. The number of benzene rings is 1. The van der Waals surface area contributed by atoms with Gasteiger partial charge in [0.25, 0.3) is 0 Å². The standard InChI is InChI=1S/C12H16N2O.C4H8.H2/c1-4-13-8-11-9(2)6-5-7-12(11)14-10(3)15;1-3-4-2;/h5-8H,4H2,1-3H3,(H,14,15);3-4H,1-2H3;1H/b;4-3+;. The summed E-state index contributed by atoms with van der Waals surface area (Å²) in [7, 11) is 0. The van der Waals surface area contributed by atoms with Gasteiger partial charge >= 0.3 is 0 Å². The fourth-order valence-corrected chi connectivity index (χ4v) is 1.33. The number of aliphatic imine (C=N–C) groups is 1. The first-order valence-corrected chi connectivity index (χ1v) is 6.51. The van der Waals surface area contributed by atoms with Gasteiger partial charge in [-0.3, -0.25) is 9.79 Å². The summed E-state index contributed by atoms with van der Waals surface area (Å²) in [5.74, 6) is -0.0632. The highest BCUT2D eigenvalue weighted by atomic mass is 16.1. The first-order chi connectivity index (χ1) is 9.06. The third-order valence-corrected chi connectivity index (χ3v) is 2.37. The Kier molecular flexibility index (Phi) is 9.06. The molecule has 1 N–H and O–H groups in total. The van der Waals surface area contributed by atoms with Crippen LogP contribution < -0.4 is 5.32 Å². The number of hydrogen-bond acceptors (Lipinski definition) is 2. The number of allylic oxidation sites excluding steroid dienone is 2. The van der Waals surface area contributed by atoms with E-state index in [9.17, 15) is 4.79 Å². The molecule has 1 rings (SSSR count). The molecule has 0 saturated heterocycles. The van der Waals surface area contributed by atoms with Crippen LogP contribution in [0.25, 0.3) is 0 Å². The van der Waals surface area contributed by atoms with Crippen molar-refractivity contribution in [2.75, 3.05) is 11.9 Å². The smallest absolute Gasteiger partial charge is 0.221 e. The molecule has 3 nitrogen and oxygen atoms in total. The lowest BCUT2D eigenvalue weighted by atomic mass is 10.1. The molecular weight excluding hydrogens is 236 g/mol. The summed E-state index contributed by atoms with van der Waals surface area (Å²) >= 11 is 0. The van der Waals surface area contributed by atoms with Crippen molar-refractivity contribution in [3.63, 3.8) is 0 Å². The molecule has 1 amide bonds. The van der Waals surface area contributed by atoms with Crippen LogP contribution in [0.1, 0.15) is 40.2 Å². The van der Waals surface area contributed by atoms with Gasteiger partial charge in [-0.05, 0) is 39.3 Å². The number of nitrogens with zero attached hydrogens (tertiary/aromatic N) is 1. The van der Waals surface area contributed by atoms with Crippen LogP contribution in [0.5, 0.6) is 0 Å². The van der Waals surface area contributed by atoms with E-state index in [-0.39, 0.29) is 7.33 Å². The van der Waals surface area contributed by atoms with Gasteiger partial charge in [0, 0.05) is 32.4 Å². The van der Waals surface area contributed by atoms with Crippen molar-refractivity contribution in [1.82, 2.24) is 0 Å². The Bertz CT molecular complexity index is 450. The monoisotopic (exact) mass is 262 g/mol. The van der Waals surface area contributed by atoms with Gasteiger partial charge in [-0.15, -0.1) is 0 Å². The van der Waals surface area contributed by atoms with E-state index in [4.69, 9.17) is 0 Å². The van der Waals surface area contributed by atoms with Crippen molar-refractivity contribution in [2.24, 2.45) is 4.99 Å². The number of amides is 1. The lowest BCUT2D eigenvalue weighted by molar-refractivity contribution is -0.114. The van der Waals surface area contributed by atoms with E-state index in [2.05, 4.69) is 10.3 Å². The van der Waals surface area contributed by atoms with Crippen LogP contribution in [-0.4, -0.2) is 18.7 Å². The summed E-state index contributed by atoms with van der Waals surface area (Å²) in [6, 6.07) is 5.80. The normalized spacial score (nSPS) is 10.4. The van der Waals surface area contributed by atoms with E-state index in [1.165, 1.54) is 6.92 Å². The first kappa shape index (κ1) is 17.1. The number of rotatable bonds is 3. The quantitative estimate of drug-likeness (QED) is 0.643. The highest BCUT2D eigenvalue weighted by molar-refractivity contribution is 5.97. The molecule has 3 heteroatoms. The van der Waals surface area contributed by atoms with Crippen LogP contribution >= 0.6 is 0 Å². The average Bonchev–Trinajstić information content (AvgIpc) is 2.38. The second-order valence-corrected chi connectivity index (χ2v) is 4.01. The maximum Gasteiger partial charge on any atom is 0.221 e. The highest BCUT2D eigenvalue weighted by Crippen LogP contribution is 2.17. The number of hydrogen-bond donors (Lipinski definition) is 1. The molecule has 0 atom stereocenters. The minimum atomic E-state index is -0.0632. The van der Waals surface area contributed by atoms with Crippen LogP contribution in [-0.2, 0) is 4.79 Å². The van der Waals surface area contributed by atoms with Crippen molar-refractivity contribution >= 4 is 17.8 Å². The predicted octanol–water partition coefficient (Wildman–Crippen LogP) is 4.22. The fourth-order valence-electron chi connectivity index (χ4n) is 1.33. The molecular formula is C16H26N2O. The van der Waals surface area contributed by atoms with Gasteiger partial charge in [0.1, 0.15) is 0 Å². The summed E-state index contributed by atoms with van der Waals surface area (Å²) in [5.41, 5.74) is 2.91. The van der Waals surface area contributed by atoms with E-state index in [0.717, 1.165) is 23.4 Å². The second-order valence-electron chi connectivity index (χ2n) is 4.01. The van der Waals surface area contributed by atoms with Crippen LogP contribution in [0.3, 0.4) is 0 Å². The molecule has 1 aromatic rings. The maximum atomic E-state index is 11.0. The Morgan fingerprint density at radius 1 is 1.37 bits per heavy atom. The Morgan fingerprint density at radius 2 is 2.00 bits per heavy atom. The number of carbonyl (C=O) groups excluding carboxylic acids is 1. The Balaban J connectivity index is 0. The minimum absolute atomic E-state index is 0. The van der Waals surface area contributed by atoms with E-state index in [0.29, 0.717) is 0 Å². The minimum Gasteiger partial charge on any atom is -0.326 e. The maximum absolute atomic E-state index is 11.0. The summed E-state index contributed by atoms with van der Waals surface area (Å²) in [6.45, 7) is 10.2. The fraction of sp³-hybridized carbons (Fsp3) is 0.375. The van der Waals surface area contributed by atoms with Crippen molar-refractivity contribution < 1.29 is 6.22 Å². The molecule has 0 heterocycles. The third kappa shape index (κ3) is 7.19. The van der Waals surface area contributed by atoms with Crippen molar-refractivity contribution in [3.8, 4) is 0 Å². The van der Waals surface area contributed by atoms with Gasteiger partial charge in [0.05, 0.1) is 0 Å². The van der Waals surface area contributed by atoms with Crippen LogP contribution in [0, 0.1) is 6.92 Å². The number of anilines is 1. The van der Waals surface area contributed by atoms with Gasteiger partial charge in [-0.1, -0.05) is 24.3 Å². The van der Waals surface area contributed by atoms with Gasteiger partial charge in [0.15, 0.2) is 0 Å².